The molecule has 1 N–H and O–H groups in total. The van der Waals surface area contributed by atoms with Crippen molar-refractivity contribution >= 4 is 0 Å². The second-order valence-electron chi connectivity index (χ2n) is 6.98. The van der Waals surface area contributed by atoms with Gasteiger partial charge in [-0.1, -0.05) is 12.8 Å². The molecule has 3 nitrogen and oxygen atoms in total. The number of hydrogen-bond acceptors (Lipinski definition) is 3. The minimum atomic E-state index is 0.376. The van der Waals surface area contributed by atoms with E-state index < -0.39 is 0 Å². The first-order chi connectivity index (χ1) is 9.92. The van der Waals surface area contributed by atoms with Crippen LogP contribution in [-0.2, 0) is 9.47 Å². The maximum Gasteiger partial charge on any atom is 0.0809 e. The maximum absolute atomic E-state index is 5.71. The predicted octanol–water partition coefficient (Wildman–Crippen LogP) is 3.13. The summed E-state index contributed by atoms with van der Waals surface area (Å²) in [6.07, 6.45) is 12.7. The van der Waals surface area contributed by atoms with Crippen LogP contribution in [0.25, 0.3) is 0 Å². The fraction of sp³-hybridized carbons (Fsp3) is 1.00. The van der Waals surface area contributed by atoms with E-state index in [9.17, 15) is 0 Å². The Hall–Kier alpha value is -0.120. The van der Waals surface area contributed by atoms with E-state index in [1.54, 1.807) is 0 Å². The van der Waals surface area contributed by atoms with Crippen molar-refractivity contribution in [1.29, 1.82) is 0 Å². The van der Waals surface area contributed by atoms with Gasteiger partial charge in [-0.15, -0.1) is 0 Å². The number of nitrogens with one attached hydrogen (secondary N) is 1. The van der Waals surface area contributed by atoms with Crippen molar-refractivity contribution in [2.75, 3.05) is 26.4 Å². The van der Waals surface area contributed by atoms with E-state index in [4.69, 9.17) is 9.47 Å². The van der Waals surface area contributed by atoms with Gasteiger partial charge in [-0.3, -0.25) is 0 Å². The lowest BCUT2D eigenvalue weighted by Gasteiger charge is -2.30. The molecule has 1 heterocycles. The lowest BCUT2D eigenvalue weighted by molar-refractivity contribution is 0.0164. The van der Waals surface area contributed by atoms with Crippen molar-refractivity contribution in [3.63, 3.8) is 0 Å². The summed E-state index contributed by atoms with van der Waals surface area (Å²) in [5, 5.41) is 3.75. The van der Waals surface area contributed by atoms with Gasteiger partial charge in [0, 0.05) is 19.3 Å². The molecule has 3 aliphatic rings. The molecule has 0 aromatic heterocycles. The van der Waals surface area contributed by atoms with Crippen LogP contribution in [0, 0.1) is 11.8 Å². The smallest absolute Gasteiger partial charge is 0.0809 e. The van der Waals surface area contributed by atoms with E-state index in [1.165, 1.54) is 51.4 Å². The van der Waals surface area contributed by atoms with E-state index >= 15 is 0 Å². The van der Waals surface area contributed by atoms with Crippen LogP contribution in [0.4, 0.5) is 0 Å². The van der Waals surface area contributed by atoms with Crippen molar-refractivity contribution in [2.24, 2.45) is 11.8 Å². The topological polar surface area (TPSA) is 30.5 Å². The summed E-state index contributed by atoms with van der Waals surface area (Å²) in [4.78, 5) is 0. The quantitative estimate of drug-likeness (QED) is 0.693. The number of rotatable bonds is 8. The highest BCUT2D eigenvalue weighted by Gasteiger charge is 2.34. The monoisotopic (exact) mass is 281 g/mol. The molecular formula is C17H31NO2. The molecule has 3 unspecified atom stereocenters. The van der Waals surface area contributed by atoms with Crippen LogP contribution in [0.5, 0.6) is 0 Å². The van der Waals surface area contributed by atoms with Gasteiger partial charge in [0.1, 0.15) is 0 Å². The Balaban J connectivity index is 1.19. The molecule has 3 rings (SSSR count). The zero-order valence-electron chi connectivity index (χ0n) is 12.8. The molecule has 0 aromatic rings. The fourth-order valence-corrected chi connectivity index (χ4v) is 3.88. The molecule has 0 amide bonds. The first-order valence-electron chi connectivity index (χ1n) is 8.84. The Morgan fingerprint density at radius 1 is 1.00 bits per heavy atom. The Kier molecular flexibility index (Phi) is 5.75. The molecule has 1 saturated heterocycles. The van der Waals surface area contributed by atoms with Crippen LogP contribution < -0.4 is 5.32 Å². The molecule has 3 heteroatoms. The summed E-state index contributed by atoms with van der Waals surface area (Å²) < 4.78 is 11.3. The van der Waals surface area contributed by atoms with Gasteiger partial charge in [-0.05, 0) is 63.3 Å². The summed E-state index contributed by atoms with van der Waals surface area (Å²) >= 11 is 0. The largest absolute Gasteiger partial charge is 0.379 e. The van der Waals surface area contributed by atoms with Crippen molar-refractivity contribution in [2.45, 2.75) is 69.9 Å². The summed E-state index contributed by atoms with van der Waals surface area (Å²) in [7, 11) is 0. The minimum absolute atomic E-state index is 0.376. The van der Waals surface area contributed by atoms with Gasteiger partial charge in [-0.25, -0.2) is 0 Å². The molecule has 20 heavy (non-hydrogen) atoms. The van der Waals surface area contributed by atoms with Crippen molar-refractivity contribution < 1.29 is 9.47 Å². The van der Waals surface area contributed by atoms with Crippen LogP contribution in [0.1, 0.15) is 57.8 Å². The molecule has 116 valence electrons. The normalized spacial score (nSPS) is 34.5. The molecule has 0 aromatic carbocycles. The van der Waals surface area contributed by atoms with Crippen molar-refractivity contribution in [3.05, 3.63) is 0 Å². The lowest BCUT2D eigenvalue weighted by atomic mass is 9.83. The van der Waals surface area contributed by atoms with E-state index in [1.807, 2.05) is 0 Å². The second kappa shape index (κ2) is 7.77. The standard InChI is InChI=1S/C17H31NO2/c1-4-15(14-7-8-14)12-16(5-1)18-9-3-10-19-13-17-6-2-11-20-17/h14-18H,1-13H2. The predicted molar refractivity (Wildman–Crippen MR) is 80.9 cm³/mol. The Labute approximate surface area is 123 Å². The third-order valence-electron chi connectivity index (χ3n) is 5.23. The second-order valence-corrected chi connectivity index (χ2v) is 6.98. The molecule has 0 bridgehead atoms. The summed E-state index contributed by atoms with van der Waals surface area (Å²) in [6, 6.07) is 0.785. The SMILES string of the molecule is C(CNC1CCCC(C2CC2)C1)COCC1CCCO1. The molecule has 3 atom stereocenters. The van der Waals surface area contributed by atoms with Gasteiger partial charge >= 0.3 is 0 Å². The first-order valence-corrected chi connectivity index (χ1v) is 8.84. The average molecular weight is 281 g/mol. The molecule has 2 aliphatic carbocycles. The van der Waals surface area contributed by atoms with Gasteiger partial charge in [0.25, 0.3) is 0 Å². The summed E-state index contributed by atoms with van der Waals surface area (Å²) in [6.45, 7) is 3.73. The molecule has 1 aliphatic heterocycles. The Morgan fingerprint density at radius 3 is 2.75 bits per heavy atom. The van der Waals surface area contributed by atoms with Crippen LogP contribution >= 0.6 is 0 Å². The molecule has 2 saturated carbocycles. The van der Waals surface area contributed by atoms with Crippen LogP contribution in [0.2, 0.25) is 0 Å². The van der Waals surface area contributed by atoms with Crippen LogP contribution in [0.15, 0.2) is 0 Å². The molecule has 0 spiro atoms. The molecule has 3 fully saturated rings. The van der Waals surface area contributed by atoms with Crippen molar-refractivity contribution in [1.82, 2.24) is 5.32 Å². The molecular weight excluding hydrogens is 250 g/mol. The van der Waals surface area contributed by atoms with Crippen molar-refractivity contribution in [3.8, 4) is 0 Å². The average Bonchev–Trinajstić information content (AvgIpc) is 3.21. The van der Waals surface area contributed by atoms with Crippen LogP contribution in [0.3, 0.4) is 0 Å². The van der Waals surface area contributed by atoms with E-state index in [0.29, 0.717) is 6.10 Å². The number of ether oxygens (including phenoxy) is 2. The highest BCUT2D eigenvalue weighted by atomic mass is 16.5. The highest BCUT2D eigenvalue weighted by molar-refractivity contribution is 4.87. The van der Waals surface area contributed by atoms with E-state index in [0.717, 1.165) is 50.7 Å². The lowest BCUT2D eigenvalue weighted by Crippen LogP contribution is -2.35. The molecule has 0 radical (unpaired) electrons. The Morgan fingerprint density at radius 2 is 1.95 bits per heavy atom. The number of hydrogen-bond donors (Lipinski definition) is 1. The van der Waals surface area contributed by atoms with E-state index in [-0.39, 0.29) is 0 Å². The third kappa shape index (κ3) is 4.71. The van der Waals surface area contributed by atoms with Gasteiger partial charge in [0.2, 0.25) is 0 Å². The third-order valence-corrected chi connectivity index (χ3v) is 5.23. The zero-order chi connectivity index (χ0) is 13.6. The first kappa shape index (κ1) is 14.8. The zero-order valence-corrected chi connectivity index (χ0v) is 12.8. The van der Waals surface area contributed by atoms with Gasteiger partial charge in [0.05, 0.1) is 12.7 Å². The van der Waals surface area contributed by atoms with E-state index in [2.05, 4.69) is 5.32 Å². The summed E-state index contributed by atoms with van der Waals surface area (Å²) in [5.74, 6) is 2.13. The van der Waals surface area contributed by atoms with Gasteiger partial charge in [-0.2, -0.15) is 0 Å². The van der Waals surface area contributed by atoms with Crippen LogP contribution in [-0.4, -0.2) is 38.5 Å². The highest BCUT2D eigenvalue weighted by Crippen LogP contribution is 2.43. The Bertz CT molecular complexity index is 274. The van der Waals surface area contributed by atoms with Gasteiger partial charge in [0.15, 0.2) is 0 Å². The van der Waals surface area contributed by atoms with Gasteiger partial charge < -0.3 is 14.8 Å². The minimum Gasteiger partial charge on any atom is -0.379 e. The fourth-order valence-electron chi connectivity index (χ4n) is 3.88. The summed E-state index contributed by atoms with van der Waals surface area (Å²) in [5.41, 5.74) is 0. The maximum atomic E-state index is 5.71.